The fourth-order valence-corrected chi connectivity index (χ4v) is 2.87. The molecule has 0 radical (unpaired) electrons. The quantitative estimate of drug-likeness (QED) is 0.894. The lowest BCUT2D eigenvalue weighted by atomic mass is 10.1. The highest BCUT2D eigenvalue weighted by Gasteiger charge is 2.18. The molecule has 1 saturated heterocycles. The van der Waals surface area contributed by atoms with Crippen molar-refractivity contribution < 1.29 is 0 Å². The number of para-hydroxylation sites is 2. The largest absolute Gasteiger partial charge is 0.328 e. The van der Waals surface area contributed by atoms with Crippen LogP contribution in [0.2, 0.25) is 0 Å². The van der Waals surface area contributed by atoms with E-state index in [1.165, 1.54) is 24.3 Å². The van der Waals surface area contributed by atoms with Crippen molar-refractivity contribution in [3.05, 3.63) is 30.1 Å². The van der Waals surface area contributed by atoms with Gasteiger partial charge in [-0.3, -0.25) is 0 Å². The van der Waals surface area contributed by atoms with E-state index in [1.54, 1.807) is 0 Å². The standard InChI is InChI=1S/C15H21N3/c1-2-5-15-17-13-6-3-4-7-14(13)18(15)11-12-8-9-16-10-12/h3-4,6-7,12,16H,2,5,8-11H2,1H3. The molecule has 1 fully saturated rings. The van der Waals surface area contributed by atoms with Gasteiger partial charge < -0.3 is 9.88 Å². The number of aryl methyl sites for hydroxylation is 1. The number of benzene rings is 1. The Morgan fingerprint density at radius 1 is 1.39 bits per heavy atom. The Hall–Kier alpha value is -1.35. The summed E-state index contributed by atoms with van der Waals surface area (Å²) >= 11 is 0. The Kier molecular flexibility index (Phi) is 3.33. The summed E-state index contributed by atoms with van der Waals surface area (Å²) in [6.45, 7) is 5.65. The van der Waals surface area contributed by atoms with E-state index in [4.69, 9.17) is 4.98 Å². The summed E-state index contributed by atoms with van der Waals surface area (Å²) in [6.07, 6.45) is 3.53. The first-order chi connectivity index (χ1) is 8.88. The van der Waals surface area contributed by atoms with Crippen molar-refractivity contribution in [2.75, 3.05) is 13.1 Å². The fraction of sp³-hybridized carbons (Fsp3) is 0.533. The van der Waals surface area contributed by atoms with Gasteiger partial charge in [0.25, 0.3) is 0 Å². The monoisotopic (exact) mass is 243 g/mol. The van der Waals surface area contributed by atoms with Gasteiger partial charge >= 0.3 is 0 Å². The Balaban J connectivity index is 1.97. The van der Waals surface area contributed by atoms with Crippen LogP contribution in [0.4, 0.5) is 0 Å². The highest BCUT2D eigenvalue weighted by atomic mass is 15.1. The molecule has 1 aromatic heterocycles. The summed E-state index contributed by atoms with van der Waals surface area (Å²) in [5.41, 5.74) is 2.44. The zero-order chi connectivity index (χ0) is 12.4. The summed E-state index contributed by atoms with van der Waals surface area (Å²) in [6, 6.07) is 8.51. The van der Waals surface area contributed by atoms with Crippen LogP contribution in [0, 0.1) is 5.92 Å². The molecule has 3 nitrogen and oxygen atoms in total. The number of hydrogen-bond acceptors (Lipinski definition) is 2. The van der Waals surface area contributed by atoms with Gasteiger partial charge in [0.1, 0.15) is 5.82 Å². The number of fused-ring (bicyclic) bond motifs is 1. The third-order valence-corrected chi connectivity index (χ3v) is 3.81. The van der Waals surface area contributed by atoms with Crippen LogP contribution in [0.25, 0.3) is 11.0 Å². The minimum atomic E-state index is 0.762. The van der Waals surface area contributed by atoms with Gasteiger partial charge in [0.05, 0.1) is 11.0 Å². The van der Waals surface area contributed by atoms with Gasteiger partial charge in [0.2, 0.25) is 0 Å². The summed E-state index contributed by atoms with van der Waals surface area (Å²) in [5, 5.41) is 3.45. The van der Waals surface area contributed by atoms with E-state index in [1.807, 2.05) is 0 Å². The van der Waals surface area contributed by atoms with Gasteiger partial charge in [-0.2, -0.15) is 0 Å². The zero-order valence-electron chi connectivity index (χ0n) is 11.0. The lowest BCUT2D eigenvalue weighted by molar-refractivity contribution is 0.476. The van der Waals surface area contributed by atoms with E-state index in [2.05, 4.69) is 41.1 Å². The number of nitrogens with one attached hydrogen (secondary N) is 1. The first-order valence-corrected chi connectivity index (χ1v) is 7.03. The first kappa shape index (κ1) is 11.7. The maximum absolute atomic E-state index is 4.79. The third kappa shape index (κ3) is 2.15. The van der Waals surface area contributed by atoms with Gasteiger partial charge in [-0.1, -0.05) is 19.1 Å². The molecular formula is C15H21N3. The van der Waals surface area contributed by atoms with E-state index >= 15 is 0 Å². The minimum Gasteiger partial charge on any atom is -0.328 e. The molecule has 0 saturated carbocycles. The van der Waals surface area contributed by atoms with Gasteiger partial charge in [0, 0.05) is 13.0 Å². The maximum Gasteiger partial charge on any atom is 0.109 e. The molecular weight excluding hydrogens is 222 g/mol. The van der Waals surface area contributed by atoms with Crippen LogP contribution in [0.15, 0.2) is 24.3 Å². The molecule has 0 amide bonds. The molecule has 0 spiro atoms. The van der Waals surface area contributed by atoms with Crippen LogP contribution in [-0.4, -0.2) is 22.6 Å². The molecule has 0 bridgehead atoms. The normalized spacial score (nSPS) is 19.7. The Morgan fingerprint density at radius 2 is 2.28 bits per heavy atom. The Labute approximate surface area is 108 Å². The molecule has 1 aromatic carbocycles. The van der Waals surface area contributed by atoms with E-state index in [-0.39, 0.29) is 0 Å². The highest BCUT2D eigenvalue weighted by Crippen LogP contribution is 2.20. The molecule has 96 valence electrons. The molecule has 1 atom stereocenters. The second kappa shape index (κ2) is 5.11. The zero-order valence-corrected chi connectivity index (χ0v) is 11.0. The second-order valence-electron chi connectivity index (χ2n) is 5.24. The van der Waals surface area contributed by atoms with Crippen molar-refractivity contribution in [2.24, 2.45) is 5.92 Å². The molecule has 1 unspecified atom stereocenters. The fourth-order valence-electron chi connectivity index (χ4n) is 2.87. The average molecular weight is 243 g/mol. The Morgan fingerprint density at radius 3 is 3.06 bits per heavy atom. The van der Waals surface area contributed by atoms with Crippen molar-refractivity contribution >= 4 is 11.0 Å². The first-order valence-electron chi connectivity index (χ1n) is 7.03. The van der Waals surface area contributed by atoms with Crippen LogP contribution in [0.1, 0.15) is 25.6 Å². The molecule has 2 heterocycles. The molecule has 0 aliphatic carbocycles. The molecule has 1 aliphatic rings. The van der Waals surface area contributed by atoms with Gasteiger partial charge in [-0.15, -0.1) is 0 Å². The predicted octanol–water partition coefficient (Wildman–Crippen LogP) is 2.60. The maximum atomic E-state index is 4.79. The van der Waals surface area contributed by atoms with E-state index < -0.39 is 0 Å². The molecule has 1 N–H and O–H groups in total. The lowest BCUT2D eigenvalue weighted by Gasteiger charge is -2.13. The average Bonchev–Trinajstić information content (AvgIpc) is 3.00. The van der Waals surface area contributed by atoms with Crippen molar-refractivity contribution in [3.63, 3.8) is 0 Å². The number of imidazole rings is 1. The van der Waals surface area contributed by atoms with Crippen LogP contribution in [0.5, 0.6) is 0 Å². The van der Waals surface area contributed by atoms with Crippen LogP contribution in [0.3, 0.4) is 0 Å². The van der Waals surface area contributed by atoms with Crippen LogP contribution >= 0.6 is 0 Å². The minimum absolute atomic E-state index is 0.762. The molecule has 1 aliphatic heterocycles. The smallest absolute Gasteiger partial charge is 0.109 e. The Bertz CT molecular complexity index is 524. The SMILES string of the molecule is CCCc1nc2ccccc2n1CC1CCNC1. The van der Waals surface area contributed by atoms with Crippen LogP contribution in [-0.2, 0) is 13.0 Å². The topological polar surface area (TPSA) is 29.9 Å². The predicted molar refractivity (Wildman–Crippen MR) is 74.7 cm³/mol. The number of nitrogens with zero attached hydrogens (tertiary/aromatic N) is 2. The third-order valence-electron chi connectivity index (χ3n) is 3.81. The summed E-state index contributed by atoms with van der Waals surface area (Å²) < 4.78 is 2.44. The van der Waals surface area contributed by atoms with Gasteiger partial charge in [0.15, 0.2) is 0 Å². The van der Waals surface area contributed by atoms with Gasteiger partial charge in [-0.05, 0) is 44.0 Å². The number of aromatic nitrogens is 2. The number of hydrogen-bond donors (Lipinski definition) is 1. The van der Waals surface area contributed by atoms with Gasteiger partial charge in [-0.25, -0.2) is 4.98 Å². The van der Waals surface area contributed by atoms with Crippen molar-refractivity contribution in [1.29, 1.82) is 0 Å². The van der Waals surface area contributed by atoms with E-state index in [0.29, 0.717) is 0 Å². The second-order valence-corrected chi connectivity index (χ2v) is 5.24. The van der Waals surface area contributed by atoms with Crippen molar-refractivity contribution in [2.45, 2.75) is 32.7 Å². The van der Waals surface area contributed by atoms with Crippen molar-refractivity contribution in [1.82, 2.24) is 14.9 Å². The summed E-state index contributed by atoms with van der Waals surface area (Å²) in [5.74, 6) is 2.02. The lowest BCUT2D eigenvalue weighted by Crippen LogP contribution is -2.16. The van der Waals surface area contributed by atoms with Crippen LogP contribution < -0.4 is 5.32 Å². The van der Waals surface area contributed by atoms with E-state index in [9.17, 15) is 0 Å². The highest BCUT2D eigenvalue weighted by molar-refractivity contribution is 5.75. The molecule has 18 heavy (non-hydrogen) atoms. The molecule has 2 aromatic rings. The van der Waals surface area contributed by atoms with E-state index in [0.717, 1.165) is 37.4 Å². The number of rotatable bonds is 4. The van der Waals surface area contributed by atoms with Crippen molar-refractivity contribution in [3.8, 4) is 0 Å². The summed E-state index contributed by atoms with van der Waals surface area (Å²) in [7, 11) is 0. The summed E-state index contributed by atoms with van der Waals surface area (Å²) in [4.78, 5) is 4.79. The molecule has 3 heteroatoms. The molecule has 3 rings (SSSR count).